The Bertz CT molecular complexity index is 284. The van der Waals surface area contributed by atoms with E-state index >= 15 is 0 Å². The number of fused-ring (bicyclic) bond motifs is 2. The average Bonchev–Trinajstić information content (AvgIpc) is 2.18. The molecule has 3 aliphatic rings. The fourth-order valence-corrected chi connectivity index (χ4v) is 4.41. The van der Waals surface area contributed by atoms with Crippen molar-refractivity contribution in [2.24, 2.45) is 0 Å². The van der Waals surface area contributed by atoms with Crippen LogP contribution in [0.15, 0.2) is 0 Å². The van der Waals surface area contributed by atoms with Crippen LogP contribution in [0, 0.1) is 0 Å². The van der Waals surface area contributed by atoms with Gasteiger partial charge in [0.1, 0.15) is 0 Å². The summed E-state index contributed by atoms with van der Waals surface area (Å²) in [7, 11) is -0.742. The molecule has 3 rings (SSSR count). The molecule has 2 unspecified atom stereocenters. The maximum atomic E-state index is 11.5. The van der Waals surface area contributed by atoms with Crippen LogP contribution in [0.25, 0.3) is 0 Å². The maximum absolute atomic E-state index is 11.5. The van der Waals surface area contributed by atoms with Crippen molar-refractivity contribution in [3.8, 4) is 0 Å². The van der Waals surface area contributed by atoms with Crippen molar-refractivity contribution >= 4 is 9.84 Å². The van der Waals surface area contributed by atoms with Crippen molar-refractivity contribution in [3.05, 3.63) is 0 Å². The average molecular weight is 218 g/mol. The molecule has 14 heavy (non-hydrogen) atoms. The van der Waals surface area contributed by atoms with Gasteiger partial charge in [-0.15, -0.1) is 0 Å². The first-order valence-electron chi connectivity index (χ1n) is 5.24. The monoisotopic (exact) mass is 218 g/mol. The van der Waals surface area contributed by atoms with E-state index in [0.29, 0.717) is 0 Å². The van der Waals surface area contributed by atoms with Gasteiger partial charge >= 0.3 is 0 Å². The van der Waals surface area contributed by atoms with Crippen LogP contribution in [0.3, 0.4) is 0 Å². The minimum atomic E-state index is -2.69. The van der Waals surface area contributed by atoms with Gasteiger partial charge in [-0.3, -0.25) is 0 Å². The summed E-state index contributed by atoms with van der Waals surface area (Å²) in [6.07, 6.45) is 2.01. The summed E-state index contributed by atoms with van der Waals surface area (Å²) in [6.45, 7) is 3.58. The molecule has 3 fully saturated rings. The van der Waals surface area contributed by atoms with E-state index in [4.69, 9.17) is 0 Å². The fourth-order valence-electron chi connectivity index (χ4n) is 2.38. The number of piperidine rings is 1. The van der Waals surface area contributed by atoms with E-state index < -0.39 is 9.84 Å². The van der Waals surface area contributed by atoms with Gasteiger partial charge in [-0.2, -0.15) is 0 Å². The quantitative estimate of drug-likeness (QED) is 0.644. The highest BCUT2D eigenvalue weighted by Gasteiger charge is 2.51. The Kier molecular flexibility index (Phi) is 2.81. The second-order valence-corrected chi connectivity index (χ2v) is 6.80. The van der Waals surface area contributed by atoms with Crippen molar-refractivity contribution in [1.29, 1.82) is 0 Å². The van der Waals surface area contributed by atoms with E-state index in [2.05, 4.69) is 10.2 Å². The Hall–Kier alpha value is -0.130. The van der Waals surface area contributed by atoms with Gasteiger partial charge in [-0.25, -0.2) is 8.42 Å². The van der Waals surface area contributed by atoms with Crippen molar-refractivity contribution in [1.82, 2.24) is 10.2 Å². The molecule has 0 aromatic heterocycles. The van der Waals surface area contributed by atoms with E-state index in [1.165, 1.54) is 0 Å². The topological polar surface area (TPSA) is 49.4 Å². The highest BCUT2D eigenvalue weighted by atomic mass is 32.2. The van der Waals surface area contributed by atoms with Crippen LogP contribution in [0.4, 0.5) is 0 Å². The Morgan fingerprint density at radius 1 is 1.36 bits per heavy atom. The van der Waals surface area contributed by atoms with Crippen LogP contribution in [-0.4, -0.2) is 57.0 Å². The lowest BCUT2D eigenvalue weighted by molar-refractivity contribution is 0.206. The molecule has 0 aromatic rings. The molecular formula is C9H18N2O2S. The second kappa shape index (κ2) is 3.79. The summed E-state index contributed by atoms with van der Waals surface area (Å²) >= 11 is 0. The first kappa shape index (κ1) is 10.4. The number of nitrogens with one attached hydrogen (secondary N) is 1. The molecule has 82 valence electrons. The predicted octanol–water partition coefficient (Wildman–Crippen LogP) is -0.533. The van der Waals surface area contributed by atoms with E-state index in [9.17, 15) is 8.42 Å². The van der Waals surface area contributed by atoms with E-state index in [-0.39, 0.29) is 10.5 Å². The number of nitrogens with zero attached hydrogens (tertiary/aromatic N) is 1. The molecule has 3 saturated heterocycles. The molecule has 0 saturated carbocycles. The second-order valence-electron chi connectivity index (χ2n) is 4.29. The van der Waals surface area contributed by atoms with Gasteiger partial charge in [-0.05, 0) is 33.0 Å². The first-order valence-corrected chi connectivity index (χ1v) is 6.85. The van der Waals surface area contributed by atoms with Crippen molar-refractivity contribution < 1.29 is 8.42 Å². The van der Waals surface area contributed by atoms with Crippen molar-refractivity contribution in [3.63, 3.8) is 0 Å². The highest BCUT2D eigenvalue weighted by molar-refractivity contribution is 7.94. The summed E-state index contributed by atoms with van der Waals surface area (Å²) in [6, 6.07) is 0. The molecule has 2 atom stereocenters. The third-order valence-electron chi connectivity index (χ3n) is 3.28. The SMILES string of the molecule is CNCCCN1CC2CC(C1)S2(=O)=O. The summed E-state index contributed by atoms with van der Waals surface area (Å²) in [5.41, 5.74) is 0. The van der Waals surface area contributed by atoms with Crippen LogP contribution in [0.5, 0.6) is 0 Å². The minimum absolute atomic E-state index is 0.0455. The summed E-state index contributed by atoms with van der Waals surface area (Å²) in [5.74, 6) is 0. The largest absolute Gasteiger partial charge is 0.320 e. The maximum Gasteiger partial charge on any atom is 0.158 e. The number of rotatable bonds is 4. The molecule has 4 nitrogen and oxygen atoms in total. The molecule has 0 amide bonds. The van der Waals surface area contributed by atoms with Crippen molar-refractivity contribution in [2.45, 2.75) is 23.3 Å². The van der Waals surface area contributed by atoms with Crippen LogP contribution >= 0.6 is 0 Å². The first-order chi connectivity index (χ1) is 6.64. The lowest BCUT2D eigenvalue weighted by atomic mass is 10.1. The van der Waals surface area contributed by atoms with Crippen LogP contribution in [0.2, 0.25) is 0 Å². The van der Waals surface area contributed by atoms with E-state index in [0.717, 1.165) is 39.0 Å². The standard InChI is InChI=1S/C9H18N2O2S/c1-10-3-2-4-11-6-8-5-9(7-11)14(8,12)13/h8-10H,2-7H2,1H3. The number of hydrogen-bond donors (Lipinski definition) is 1. The van der Waals surface area contributed by atoms with Crippen molar-refractivity contribution in [2.75, 3.05) is 33.2 Å². The van der Waals surface area contributed by atoms with Gasteiger partial charge in [0, 0.05) is 13.1 Å². The summed E-state index contributed by atoms with van der Waals surface area (Å²) < 4.78 is 22.9. The lowest BCUT2D eigenvalue weighted by Gasteiger charge is -2.46. The van der Waals surface area contributed by atoms with Gasteiger partial charge in [-0.1, -0.05) is 0 Å². The predicted molar refractivity (Wildman–Crippen MR) is 56.1 cm³/mol. The molecule has 3 heterocycles. The molecule has 3 aliphatic heterocycles. The summed E-state index contributed by atoms with van der Waals surface area (Å²) in [5, 5.41) is 3.01. The molecule has 0 spiro atoms. The van der Waals surface area contributed by atoms with Gasteiger partial charge in [0.25, 0.3) is 0 Å². The zero-order valence-corrected chi connectivity index (χ0v) is 9.39. The Morgan fingerprint density at radius 3 is 2.50 bits per heavy atom. The summed E-state index contributed by atoms with van der Waals surface area (Å²) in [4.78, 5) is 2.29. The van der Waals surface area contributed by atoms with Crippen LogP contribution < -0.4 is 5.32 Å². The lowest BCUT2D eigenvalue weighted by Crippen LogP contribution is -2.62. The van der Waals surface area contributed by atoms with Gasteiger partial charge in [0.05, 0.1) is 10.5 Å². The Labute approximate surface area is 85.6 Å². The number of hydrogen-bond acceptors (Lipinski definition) is 4. The molecule has 2 bridgehead atoms. The zero-order valence-electron chi connectivity index (χ0n) is 8.57. The van der Waals surface area contributed by atoms with Crippen LogP contribution in [0.1, 0.15) is 12.8 Å². The molecule has 0 radical (unpaired) electrons. The molecule has 5 heteroatoms. The fraction of sp³-hybridized carbons (Fsp3) is 1.00. The van der Waals surface area contributed by atoms with Gasteiger partial charge in [0.15, 0.2) is 9.84 Å². The minimum Gasteiger partial charge on any atom is -0.320 e. The molecule has 0 aliphatic carbocycles. The molecular weight excluding hydrogens is 200 g/mol. The van der Waals surface area contributed by atoms with Crippen LogP contribution in [-0.2, 0) is 9.84 Å². The Morgan fingerprint density at radius 2 is 2.00 bits per heavy atom. The van der Waals surface area contributed by atoms with Gasteiger partial charge < -0.3 is 10.2 Å². The third-order valence-corrected chi connectivity index (χ3v) is 5.82. The molecule has 0 aromatic carbocycles. The normalized spacial score (nSPS) is 35.2. The van der Waals surface area contributed by atoms with E-state index in [1.54, 1.807) is 0 Å². The van der Waals surface area contributed by atoms with Gasteiger partial charge in [0.2, 0.25) is 0 Å². The number of sulfone groups is 1. The zero-order chi connectivity index (χ0) is 10.2. The third kappa shape index (κ3) is 1.68. The smallest absolute Gasteiger partial charge is 0.158 e. The Balaban J connectivity index is 1.80. The molecule has 1 N–H and O–H groups in total. The van der Waals surface area contributed by atoms with E-state index in [1.807, 2.05) is 7.05 Å². The highest BCUT2D eigenvalue weighted by Crippen LogP contribution is 2.35.